The number of hydrogen-bond donors (Lipinski definition) is 1. The third-order valence-electron chi connectivity index (χ3n) is 3.13. The van der Waals surface area contributed by atoms with E-state index in [-0.39, 0.29) is 5.91 Å². The Morgan fingerprint density at radius 2 is 2.09 bits per heavy atom. The molecule has 0 aliphatic heterocycles. The lowest BCUT2D eigenvalue weighted by molar-refractivity contribution is -0.122. The Kier molecular flexibility index (Phi) is 4.09. The fourth-order valence-electron chi connectivity index (χ4n) is 1.98. The first-order valence-electron chi connectivity index (χ1n) is 7.14. The number of carbonyl (C=O) groups is 1. The Bertz CT molecular complexity index is 795. The topological polar surface area (TPSA) is 82.2 Å². The van der Waals surface area contributed by atoms with Crippen LogP contribution in [0.4, 0.5) is 5.82 Å². The molecule has 7 nitrogen and oxygen atoms in total. The van der Waals surface area contributed by atoms with E-state index in [2.05, 4.69) is 15.6 Å². The average Bonchev–Trinajstić information content (AvgIpc) is 3.17. The second-order valence-corrected chi connectivity index (χ2v) is 5.01. The molecule has 1 atom stereocenters. The van der Waals surface area contributed by atoms with Crippen molar-refractivity contribution in [3.63, 3.8) is 0 Å². The van der Waals surface area contributed by atoms with Crippen LogP contribution >= 0.6 is 0 Å². The van der Waals surface area contributed by atoms with Gasteiger partial charge in [-0.15, -0.1) is 5.10 Å². The summed E-state index contributed by atoms with van der Waals surface area (Å²) in [5, 5.41) is 10.6. The summed E-state index contributed by atoms with van der Waals surface area (Å²) in [6.45, 7) is 3.39. The van der Waals surface area contributed by atoms with Gasteiger partial charge in [-0.25, -0.2) is 4.68 Å². The van der Waals surface area contributed by atoms with Crippen LogP contribution in [0, 0.1) is 6.92 Å². The van der Waals surface area contributed by atoms with Crippen molar-refractivity contribution >= 4 is 11.7 Å². The molecule has 3 rings (SSSR count). The van der Waals surface area contributed by atoms with Crippen LogP contribution in [0.1, 0.15) is 12.7 Å². The van der Waals surface area contributed by atoms with Crippen LogP contribution in [0.25, 0.3) is 5.69 Å². The zero-order valence-corrected chi connectivity index (χ0v) is 12.8. The standard InChI is InChI=1S/C16H16N4O3/c1-11-10-14(19-23-11)17-16(21)12(2)22-15-8-9-20(18-15)13-6-4-3-5-7-13/h3-10,12H,1-2H3,(H,17,19,21)/t12-/m0/s1. The number of para-hydroxylation sites is 1. The van der Waals surface area contributed by atoms with Gasteiger partial charge in [0.05, 0.1) is 5.69 Å². The summed E-state index contributed by atoms with van der Waals surface area (Å²) in [7, 11) is 0. The van der Waals surface area contributed by atoms with E-state index in [1.807, 2.05) is 30.3 Å². The first-order chi connectivity index (χ1) is 11.1. The number of aryl methyl sites for hydroxylation is 1. The van der Waals surface area contributed by atoms with E-state index < -0.39 is 6.10 Å². The summed E-state index contributed by atoms with van der Waals surface area (Å²) < 4.78 is 12.1. The lowest BCUT2D eigenvalue weighted by Gasteiger charge is -2.11. The van der Waals surface area contributed by atoms with Gasteiger partial charge in [0.2, 0.25) is 5.88 Å². The van der Waals surface area contributed by atoms with Crippen LogP contribution in [0.15, 0.2) is 53.2 Å². The molecule has 7 heteroatoms. The van der Waals surface area contributed by atoms with Crippen molar-refractivity contribution in [2.75, 3.05) is 5.32 Å². The minimum absolute atomic E-state index is 0.326. The fraction of sp³-hybridized carbons (Fsp3) is 0.188. The molecule has 0 radical (unpaired) electrons. The molecule has 2 heterocycles. The molecule has 1 amide bonds. The summed E-state index contributed by atoms with van der Waals surface area (Å²) in [5.74, 6) is 1.02. The number of rotatable bonds is 5. The summed E-state index contributed by atoms with van der Waals surface area (Å²) in [5.41, 5.74) is 0.914. The molecule has 0 fully saturated rings. The number of ether oxygens (including phenoxy) is 1. The van der Waals surface area contributed by atoms with Gasteiger partial charge in [-0.2, -0.15) is 0 Å². The average molecular weight is 312 g/mol. The van der Waals surface area contributed by atoms with Gasteiger partial charge >= 0.3 is 0 Å². The highest BCUT2D eigenvalue weighted by atomic mass is 16.5. The minimum Gasteiger partial charge on any atom is -0.463 e. The zero-order chi connectivity index (χ0) is 16.2. The number of hydrogen-bond acceptors (Lipinski definition) is 5. The van der Waals surface area contributed by atoms with Crippen molar-refractivity contribution in [2.24, 2.45) is 0 Å². The smallest absolute Gasteiger partial charge is 0.266 e. The molecule has 118 valence electrons. The normalized spacial score (nSPS) is 11.9. The first-order valence-corrected chi connectivity index (χ1v) is 7.14. The number of benzene rings is 1. The Hall–Kier alpha value is -3.09. The number of nitrogens with one attached hydrogen (secondary N) is 1. The molecule has 0 spiro atoms. The van der Waals surface area contributed by atoms with E-state index in [9.17, 15) is 4.79 Å². The largest absolute Gasteiger partial charge is 0.463 e. The van der Waals surface area contributed by atoms with Gasteiger partial charge in [-0.3, -0.25) is 4.79 Å². The van der Waals surface area contributed by atoms with Gasteiger partial charge < -0.3 is 14.6 Å². The zero-order valence-electron chi connectivity index (χ0n) is 12.8. The Morgan fingerprint density at radius 3 is 2.78 bits per heavy atom. The molecule has 1 aromatic carbocycles. The van der Waals surface area contributed by atoms with Crippen LogP contribution < -0.4 is 10.1 Å². The van der Waals surface area contributed by atoms with Crippen molar-refractivity contribution < 1.29 is 14.1 Å². The van der Waals surface area contributed by atoms with E-state index in [0.717, 1.165) is 5.69 Å². The second-order valence-electron chi connectivity index (χ2n) is 5.01. The van der Waals surface area contributed by atoms with Crippen LogP contribution in [0.5, 0.6) is 5.88 Å². The Balaban J connectivity index is 1.62. The molecule has 2 aromatic heterocycles. The molecule has 23 heavy (non-hydrogen) atoms. The third kappa shape index (κ3) is 3.57. The summed E-state index contributed by atoms with van der Waals surface area (Å²) >= 11 is 0. The summed E-state index contributed by atoms with van der Waals surface area (Å²) in [6.07, 6.45) is 1.06. The lowest BCUT2D eigenvalue weighted by Crippen LogP contribution is -2.30. The van der Waals surface area contributed by atoms with E-state index >= 15 is 0 Å². The molecule has 0 unspecified atom stereocenters. The van der Waals surface area contributed by atoms with Crippen molar-refractivity contribution in [1.29, 1.82) is 0 Å². The monoisotopic (exact) mass is 312 g/mol. The van der Waals surface area contributed by atoms with Gasteiger partial charge in [-0.05, 0) is 26.0 Å². The molecule has 1 N–H and O–H groups in total. The van der Waals surface area contributed by atoms with Crippen molar-refractivity contribution in [1.82, 2.24) is 14.9 Å². The van der Waals surface area contributed by atoms with E-state index in [1.165, 1.54) is 0 Å². The minimum atomic E-state index is -0.717. The van der Waals surface area contributed by atoms with Gasteiger partial charge in [0, 0.05) is 18.3 Å². The van der Waals surface area contributed by atoms with Gasteiger partial charge in [-0.1, -0.05) is 23.4 Å². The quantitative estimate of drug-likeness (QED) is 0.783. The maximum atomic E-state index is 12.1. The van der Waals surface area contributed by atoms with Crippen LogP contribution in [0.2, 0.25) is 0 Å². The van der Waals surface area contributed by atoms with Crippen molar-refractivity contribution in [3.8, 4) is 11.6 Å². The number of carbonyl (C=O) groups excluding carboxylic acids is 1. The Labute approximate surface area is 132 Å². The molecular formula is C16H16N4O3. The predicted octanol–water partition coefficient (Wildman–Crippen LogP) is 2.57. The molecule has 0 saturated heterocycles. The van der Waals surface area contributed by atoms with Gasteiger partial charge in [0.15, 0.2) is 11.9 Å². The lowest BCUT2D eigenvalue weighted by atomic mass is 10.3. The molecular weight excluding hydrogens is 296 g/mol. The number of nitrogens with zero attached hydrogens (tertiary/aromatic N) is 3. The molecule has 0 aliphatic carbocycles. The highest BCUT2D eigenvalue weighted by Crippen LogP contribution is 2.14. The number of anilines is 1. The number of amides is 1. The fourth-order valence-corrected chi connectivity index (χ4v) is 1.98. The van der Waals surface area contributed by atoms with Crippen LogP contribution in [0.3, 0.4) is 0 Å². The first kappa shape index (κ1) is 14.8. The summed E-state index contributed by atoms with van der Waals surface area (Å²) in [4.78, 5) is 12.1. The van der Waals surface area contributed by atoms with Crippen LogP contribution in [-0.2, 0) is 4.79 Å². The molecule has 0 saturated carbocycles. The highest BCUT2D eigenvalue weighted by Gasteiger charge is 2.17. The second kappa shape index (κ2) is 6.35. The SMILES string of the molecule is Cc1cc(NC(=O)[C@H](C)Oc2ccn(-c3ccccc3)n2)no1. The van der Waals surface area contributed by atoms with E-state index in [1.54, 1.807) is 36.9 Å². The van der Waals surface area contributed by atoms with Crippen molar-refractivity contribution in [3.05, 3.63) is 54.4 Å². The third-order valence-corrected chi connectivity index (χ3v) is 3.13. The number of aromatic nitrogens is 3. The van der Waals surface area contributed by atoms with Crippen LogP contribution in [-0.4, -0.2) is 26.9 Å². The van der Waals surface area contributed by atoms with Crippen molar-refractivity contribution in [2.45, 2.75) is 20.0 Å². The highest BCUT2D eigenvalue weighted by molar-refractivity contribution is 5.93. The molecule has 0 aliphatic rings. The molecule has 3 aromatic rings. The summed E-state index contributed by atoms with van der Waals surface area (Å²) in [6, 6.07) is 13.0. The van der Waals surface area contributed by atoms with Gasteiger partial charge in [0.25, 0.3) is 5.91 Å². The maximum Gasteiger partial charge on any atom is 0.266 e. The van der Waals surface area contributed by atoms with E-state index in [0.29, 0.717) is 17.5 Å². The molecule has 0 bridgehead atoms. The maximum absolute atomic E-state index is 12.1. The van der Waals surface area contributed by atoms with E-state index in [4.69, 9.17) is 9.26 Å². The van der Waals surface area contributed by atoms with Gasteiger partial charge in [0.1, 0.15) is 5.76 Å². The Morgan fingerprint density at radius 1 is 1.30 bits per heavy atom. The predicted molar refractivity (Wildman–Crippen MR) is 83.5 cm³/mol.